The molecule has 0 aromatic heterocycles. The molecule has 0 spiro atoms. The number of hydrogen-bond donors (Lipinski definition) is 1. The molecule has 0 heterocycles. The van der Waals surface area contributed by atoms with Crippen LogP contribution in [0.1, 0.15) is 12.5 Å². The topological polar surface area (TPSA) is 29.5 Å². The highest BCUT2D eigenvalue weighted by Gasteiger charge is 2.54. The first-order valence-corrected chi connectivity index (χ1v) is 6.05. The molecule has 1 atom stereocenters. The molecule has 0 fully saturated rings. The van der Waals surface area contributed by atoms with E-state index in [1.165, 1.54) is 24.3 Å². The van der Waals surface area contributed by atoms with Gasteiger partial charge in [0.25, 0.3) is 0 Å². The smallest absolute Gasteiger partial charge is 0.422 e. The van der Waals surface area contributed by atoms with Gasteiger partial charge in [-0.2, -0.15) is 13.2 Å². The number of halogens is 4. The Morgan fingerprint density at radius 2 is 1.76 bits per heavy atom. The molecule has 6 heteroatoms. The first-order chi connectivity index (χ1) is 7.85. The van der Waals surface area contributed by atoms with Crippen molar-refractivity contribution in [2.24, 2.45) is 0 Å². The molecule has 1 aromatic carbocycles. The first kappa shape index (κ1) is 14.3. The fraction of sp³-hybridized carbons (Fsp3) is 0.455. The summed E-state index contributed by atoms with van der Waals surface area (Å²) in [6.45, 7) is 2.21. The molecule has 1 unspecified atom stereocenters. The van der Waals surface area contributed by atoms with Gasteiger partial charge in [-0.15, -0.1) is 0 Å². The van der Waals surface area contributed by atoms with Gasteiger partial charge in [-0.3, -0.25) is 0 Å². The van der Waals surface area contributed by atoms with Crippen LogP contribution in [0.15, 0.2) is 24.3 Å². The Hall–Kier alpha value is -0.750. The molecule has 0 bridgehead atoms. The molecule has 0 aliphatic heterocycles. The lowest BCUT2D eigenvalue weighted by Crippen LogP contribution is -2.43. The Morgan fingerprint density at radius 3 is 2.12 bits per heavy atom. The molecule has 0 saturated carbocycles. The first-order valence-electron chi connectivity index (χ1n) is 4.93. The quantitative estimate of drug-likeness (QED) is 0.865. The third kappa shape index (κ3) is 2.93. The van der Waals surface area contributed by atoms with E-state index in [0.29, 0.717) is 12.4 Å². The molecular weight excluding hydrogens is 301 g/mol. The number of hydrogen-bond acceptors (Lipinski definition) is 2. The van der Waals surface area contributed by atoms with Gasteiger partial charge in [-0.25, -0.2) is 0 Å². The summed E-state index contributed by atoms with van der Waals surface area (Å²) in [7, 11) is 0. The van der Waals surface area contributed by atoms with E-state index in [-0.39, 0.29) is 5.56 Å². The molecule has 0 saturated heterocycles. The lowest BCUT2D eigenvalue weighted by atomic mass is 9.95. The predicted octanol–water partition coefficient (Wildman–Crippen LogP) is 3.23. The molecule has 1 N–H and O–H groups in total. The Balaban J connectivity index is 3.05. The van der Waals surface area contributed by atoms with Crippen LogP contribution >= 0.6 is 15.9 Å². The monoisotopic (exact) mass is 312 g/mol. The van der Waals surface area contributed by atoms with Crippen molar-refractivity contribution < 1.29 is 23.0 Å². The summed E-state index contributed by atoms with van der Waals surface area (Å²) in [4.78, 5) is 0. The molecule has 1 aromatic rings. The zero-order valence-corrected chi connectivity index (χ0v) is 10.7. The van der Waals surface area contributed by atoms with Crippen LogP contribution in [0.2, 0.25) is 0 Å². The molecule has 0 amide bonds. The minimum atomic E-state index is -4.73. The second-order valence-electron chi connectivity index (χ2n) is 3.45. The number of benzene rings is 1. The van der Waals surface area contributed by atoms with Crippen molar-refractivity contribution in [2.75, 3.05) is 11.9 Å². The second kappa shape index (κ2) is 5.27. The van der Waals surface area contributed by atoms with Crippen molar-refractivity contribution in [3.05, 3.63) is 29.8 Å². The number of alkyl halides is 4. The number of ether oxygens (including phenoxy) is 1. The predicted molar refractivity (Wildman–Crippen MR) is 61.4 cm³/mol. The van der Waals surface area contributed by atoms with Gasteiger partial charge in [0, 0.05) is 5.33 Å². The lowest BCUT2D eigenvalue weighted by molar-refractivity contribution is -0.256. The van der Waals surface area contributed by atoms with E-state index >= 15 is 0 Å². The Kier molecular flexibility index (Phi) is 4.43. The van der Waals surface area contributed by atoms with Crippen LogP contribution in [-0.2, 0) is 5.60 Å². The molecule has 17 heavy (non-hydrogen) atoms. The zero-order chi connectivity index (χ0) is 13.1. The molecule has 96 valence electrons. The lowest BCUT2D eigenvalue weighted by Gasteiger charge is -2.29. The average molecular weight is 313 g/mol. The van der Waals surface area contributed by atoms with Crippen molar-refractivity contribution in [3.8, 4) is 5.75 Å². The molecular formula is C11H12BrF3O2. The molecule has 0 aliphatic carbocycles. The molecule has 2 nitrogen and oxygen atoms in total. The van der Waals surface area contributed by atoms with E-state index in [2.05, 4.69) is 15.9 Å². The Bertz CT molecular complexity index is 364. The van der Waals surface area contributed by atoms with Crippen LogP contribution in [-0.4, -0.2) is 23.2 Å². The number of rotatable bonds is 4. The summed E-state index contributed by atoms with van der Waals surface area (Å²) in [5, 5.41) is 9.02. The van der Waals surface area contributed by atoms with Gasteiger partial charge in [-0.05, 0) is 24.6 Å². The normalized spacial score (nSPS) is 15.4. The third-order valence-electron chi connectivity index (χ3n) is 2.31. The summed E-state index contributed by atoms with van der Waals surface area (Å²) < 4.78 is 43.3. The fourth-order valence-electron chi connectivity index (χ4n) is 1.31. The maximum Gasteiger partial charge on any atom is 0.422 e. The van der Waals surface area contributed by atoms with E-state index < -0.39 is 17.1 Å². The van der Waals surface area contributed by atoms with Crippen LogP contribution in [0.5, 0.6) is 5.75 Å². The van der Waals surface area contributed by atoms with Gasteiger partial charge in [-0.1, -0.05) is 28.1 Å². The highest BCUT2D eigenvalue weighted by atomic mass is 79.9. The van der Waals surface area contributed by atoms with Crippen LogP contribution in [0.4, 0.5) is 13.2 Å². The van der Waals surface area contributed by atoms with Gasteiger partial charge < -0.3 is 9.84 Å². The summed E-state index contributed by atoms with van der Waals surface area (Å²) in [6, 6.07) is 5.22. The summed E-state index contributed by atoms with van der Waals surface area (Å²) in [6.07, 6.45) is -4.73. The van der Waals surface area contributed by atoms with E-state index in [1.807, 2.05) is 0 Å². The molecule has 0 radical (unpaired) electrons. The average Bonchev–Trinajstić information content (AvgIpc) is 2.28. The maximum atomic E-state index is 12.7. The van der Waals surface area contributed by atoms with E-state index in [9.17, 15) is 18.3 Å². The second-order valence-corrected chi connectivity index (χ2v) is 4.01. The summed E-state index contributed by atoms with van der Waals surface area (Å²) >= 11 is 2.69. The van der Waals surface area contributed by atoms with Crippen molar-refractivity contribution in [1.29, 1.82) is 0 Å². The number of aliphatic hydroxyl groups is 1. The van der Waals surface area contributed by atoms with Crippen molar-refractivity contribution in [3.63, 3.8) is 0 Å². The van der Waals surface area contributed by atoms with Gasteiger partial charge in [0.2, 0.25) is 0 Å². The van der Waals surface area contributed by atoms with Crippen molar-refractivity contribution in [1.82, 2.24) is 0 Å². The Morgan fingerprint density at radius 1 is 1.24 bits per heavy atom. The zero-order valence-electron chi connectivity index (χ0n) is 9.09. The minimum Gasteiger partial charge on any atom is -0.494 e. The van der Waals surface area contributed by atoms with E-state index in [0.717, 1.165) is 0 Å². The third-order valence-corrected chi connectivity index (χ3v) is 3.12. The standard InChI is InChI=1S/C11H12BrF3O2/c1-2-17-9-5-3-8(4-6-9)10(16,7-12)11(13,14)15/h3-6,16H,2,7H2,1H3. The van der Waals surface area contributed by atoms with E-state index in [4.69, 9.17) is 4.74 Å². The van der Waals surface area contributed by atoms with Crippen LogP contribution in [0, 0.1) is 0 Å². The highest BCUT2D eigenvalue weighted by Crippen LogP contribution is 2.40. The van der Waals surface area contributed by atoms with Gasteiger partial charge in [0.05, 0.1) is 6.61 Å². The Labute approximate surface area is 106 Å². The van der Waals surface area contributed by atoms with Crippen molar-refractivity contribution in [2.45, 2.75) is 18.7 Å². The molecule has 1 rings (SSSR count). The minimum absolute atomic E-state index is 0.217. The molecule has 0 aliphatic rings. The SMILES string of the molecule is CCOc1ccc(C(O)(CBr)C(F)(F)F)cc1. The van der Waals surface area contributed by atoms with E-state index in [1.54, 1.807) is 6.92 Å². The highest BCUT2D eigenvalue weighted by molar-refractivity contribution is 9.09. The summed E-state index contributed by atoms with van der Waals surface area (Å²) in [5.74, 6) is 0.468. The van der Waals surface area contributed by atoms with Crippen LogP contribution in [0.25, 0.3) is 0 Å². The summed E-state index contributed by atoms with van der Waals surface area (Å²) in [5.41, 5.74) is -3.09. The largest absolute Gasteiger partial charge is 0.494 e. The van der Waals surface area contributed by atoms with Gasteiger partial charge in [0.15, 0.2) is 5.60 Å². The maximum absolute atomic E-state index is 12.7. The fourth-order valence-corrected chi connectivity index (χ4v) is 1.95. The van der Waals surface area contributed by atoms with Gasteiger partial charge in [0.1, 0.15) is 5.75 Å². The van der Waals surface area contributed by atoms with Crippen LogP contribution < -0.4 is 4.74 Å². The van der Waals surface area contributed by atoms with Gasteiger partial charge >= 0.3 is 6.18 Å². The van der Waals surface area contributed by atoms with Crippen molar-refractivity contribution >= 4 is 15.9 Å². The van der Waals surface area contributed by atoms with Crippen LogP contribution in [0.3, 0.4) is 0 Å².